The molecule has 1 fully saturated rings. The molecule has 0 saturated carbocycles. The topological polar surface area (TPSA) is 80.5 Å². The molecule has 1 aromatic rings. The molecular weight excluding hydrogens is 290 g/mol. The highest BCUT2D eigenvalue weighted by molar-refractivity contribution is 5.81. The molecule has 1 amide bonds. The monoisotopic (exact) mass is 313 g/mol. The minimum atomic E-state index is 0.197. The van der Waals surface area contributed by atoms with Crippen LogP contribution in [-0.2, 0) is 11.3 Å². The molecule has 1 atom stereocenters. The number of aliphatic imine (C=N–C) groups is 1. The van der Waals surface area contributed by atoms with Crippen molar-refractivity contribution in [2.24, 2.45) is 4.99 Å². The van der Waals surface area contributed by atoms with E-state index in [1.54, 1.807) is 17.0 Å². The van der Waals surface area contributed by atoms with Gasteiger partial charge in [0.1, 0.15) is 0 Å². The van der Waals surface area contributed by atoms with Crippen molar-refractivity contribution in [3.8, 4) is 6.07 Å². The van der Waals surface area contributed by atoms with Gasteiger partial charge < -0.3 is 15.5 Å². The van der Waals surface area contributed by atoms with E-state index in [0.29, 0.717) is 25.1 Å². The molecule has 0 aliphatic carbocycles. The number of guanidine groups is 1. The lowest BCUT2D eigenvalue weighted by Crippen LogP contribution is -2.51. The van der Waals surface area contributed by atoms with Crippen molar-refractivity contribution in [1.82, 2.24) is 15.5 Å². The molecular formula is C17H23N5O. The third-order valence-corrected chi connectivity index (χ3v) is 3.81. The van der Waals surface area contributed by atoms with Crippen molar-refractivity contribution in [3.05, 3.63) is 35.4 Å². The Balaban J connectivity index is 1.96. The number of carbonyl (C=O) groups is 1. The first kappa shape index (κ1) is 16.8. The van der Waals surface area contributed by atoms with Gasteiger partial charge in [-0.25, -0.2) is 4.99 Å². The Labute approximate surface area is 137 Å². The fourth-order valence-corrected chi connectivity index (χ4v) is 2.50. The number of hydrogen-bond donors (Lipinski definition) is 2. The fourth-order valence-electron chi connectivity index (χ4n) is 2.50. The second-order valence-corrected chi connectivity index (χ2v) is 5.66. The third kappa shape index (κ3) is 4.99. The Bertz CT molecular complexity index is 602. The lowest BCUT2D eigenvalue weighted by atomic mass is 10.1. The number of piperidine rings is 1. The number of likely N-dealkylation sites (N-methyl/N-ethyl adjacent to an activating group) is 1. The van der Waals surface area contributed by atoms with Crippen LogP contribution in [-0.4, -0.2) is 42.9 Å². The second-order valence-electron chi connectivity index (χ2n) is 5.66. The van der Waals surface area contributed by atoms with Crippen LogP contribution in [0.5, 0.6) is 0 Å². The third-order valence-electron chi connectivity index (χ3n) is 3.81. The van der Waals surface area contributed by atoms with Crippen molar-refractivity contribution in [2.75, 3.05) is 20.1 Å². The molecule has 122 valence electrons. The van der Waals surface area contributed by atoms with Crippen molar-refractivity contribution < 1.29 is 4.79 Å². The summed E-state index contributed by atoms with van der Waals surface area (Å²) in [6, 6.07) is 9.76. The molecule has 2 rings (SSSR count). The van der Waals surface area contributed by atoms with E-state index in [4.69, 9.17) is 5.26 Å². The summed E-state index contributed by atoms with van der Waals surface area (Å²) in [7, 11) is 1.83. The minimum Gasteiger partial charge on any atom is -0.357 e. The van der Waals surface area contributed by atoms with Gasteiger partial charge in [0, 0.05) is 32.6 Å². The molecule has 1 aliphatic rings. The summed E-state index contributed by atoms with van der Waals surface area (Å²) in [5, 5.41) is 15.4. The van der Waals surface area contributed by atoms with Gasteiger partial charge >= 0.3 is 0 Å². The summed E-state index contributed by atoms with van der Waals surface area (Å²) in [6.45, 7) is 4.04. The molecule has 1 unspecified atom stereocenters. The molecule has 0 aromatic heterocycles. The molecule has 1 saturated heterocycles. The smallest absolute Gasteiger partial charge is 0.222 e. The van der Waals surface area contributed by atoms with Crippen LogP contribution in [0.25, 0.3) is 0 Å². The van der Waals surface area contributed by atoms with Crippen LogP contribution < -0.4 is 10.6 Å². The maximum absolute atomic E-state index is 11.5. The number of likely N-dealkylation sites (tertiary alicyclic amines) is 1. The average molecular weight is 313 g/mol. The van der Waals surface area contributed by atoms with E-state index in [2.05, 4.69) is 21.7 Å². The predicted octanol–water partition coefficient (Wildman–Crippen LogP) is 1.23. The van der Waals surface area contributed by atoms with Crippen LogP contribution in [0, 0.1) is 11.3 Å². The van der Waals surface area contributed by atoms with Crippen LogP contribution in [0.2, 0.25) is 0 Å². The Hall–Kier alpha value is -2.55. The van der Waals surface area contributed by atoms with E-state index in [1.807, 2.05) is 26.1 Å². The summed E-state index contributed by atoms with van der Waals surface area (Å²) in [6.07, 6.45) is 1.40. The van der Waals surface area contributed by atoms with Gasteiger partial charge in [0.05, 0.1) is 18.2 Å². The lowest BCUT2D eigenvalue weighted by Gasteiger charge is -2.31. The highest BCUT2D eigenvalue weighted by atomic mass is 16.2. The van der Waals surface area contributed by atoms with Gasteiger partial charge in [-0.3, -0.25) is 4.79 Å². The van der Waals surface area contributed by atoms with Crippen LogP contribution in [0.3, 0.4) is 0 Å². The van der Waals surface area contributed by atoms with Gasteiger partial charge in [-0.1, -0.05) is 12.1 Å². The molecule has 1 heterocycles. The van der Waals surface area contributed by atoms with Gasteiger partial charge in [0.15, 0.2) is 5.96 Å². The highest BCUT2D eigenvalue weighted by Gasteiger charge is 2.23. The Morgan fingerprint density at radius 3 is 2.78 bits per heavy atom. The van der Waals surface area contributed by atoms with Crippen LogP contribution >= 0.6 is 0 Å². The second kappa shape index (κ2) is 8.18. The Morgan fingerprint density at radius 1 is 1.43 bits per heavy atom. The minimum absolute atomic E-state index is 0.197. The summed E-state index contributed by atoms with van der Waals surface area (Å²) in [5.41, 5.74) is 1.70. The summed E-state index contributed by atoms with van der Waals surface area (Å²) in [5.74, 6) is 0.951. The van der Waals surface area contributed by atoms with E-state index >= 15 is 0 Å². The molecule has 0 bridgehead atoms. The largest absolute Gasteiger partial charge is 0.357 e. The first-order valence-electron chi connectivity index (χ1n) is 7.90. The van der Waals surface area contributed by atoms with Crippen molar-refractivity contribution in [3.63, 3.8) is 0 Å². The maximum atomic E-state index is 11.5. The first-order chi connectivity index (χ1) is 11.1. The van der Waals surface area contributed by atoms with E-state index in [1.165, 1.54) is 0 Å². The predicted molar refractivity (Wildman–Crippen MR) is 89.8 cm³/mol. The van der Waals surface area contributed by atoms with Crippen LogP contribution in [0.15, 0.2) is 29.3 Å². The van der Waals surface area contributed by atoms with E-state index < -0.39 is 0 Å². The van der Waals surface area contributed by atoms with Gasteiger partial charge in [-0.15, -0.1) is 0 Å². The zero-order valence-corrected chi connectivity index (χ0v) is 13.7. The molecule has 0 radical (unpaired) electrons. The normalized spacial score (nSPS) is 18.5. The number of carbonyl (C=O) groups excluding carboxylic acids is 1. The quantitative estimate of drug-likeness (QED) is 0.647. The van der Waals surface area contributed by atoms with E-state index in [0.717, 1.165) is 24.5 Å². The number of rotatable bonds is 4. The molecule has 1 aromatic carbocycles. The summed E-state index contributed by atoms with van der Waals surface area (Å²) < 4.78 is 0. The van der Waals surface area contributed by atoms with Gasteiger partial charge in [0.2, 0.25) is 5.91 Å². The first-order valence-corrected chi connectivity index (χ1v) is 7.90. The molecule has 6 nitrogen and oxygen atoms in total. The van der Waals surface area contributed by atoms with Crippen molar-refractivity contribution in [2.45, 2.75) is 32.4 Å². The zero-order chi connectivity index (χ0) is 16.7. The Kier molecular flexibility index (Phi) is 5.98. The molecule has 0 spiro atoms. The van der Waals surface area contributed by atoms with Gasteiger partial charge in [-0.2, -0.15) is 5.26 Å². The van der Waals surface area contributed by atoms with Gasteiger partial charge in [-0.05, 0) is 31.0 Å². The molecule has 1 aliphatic heterocycles. The van der Waals surface area contributed by atoms with E-state index in [-0.39, 0.29) is 11.9 Å². The fraction of sp³-hybridized carbons (Fsp3) is 0.471. The van der Waals surface area contributed by atoms with Gasteiger partial charge in [0.25, 0.3) is 0 Å². The highest BCUT2D eigenvalue weighted by Crippen LogP contribution is 2.10. The van der Waals surface area contributed by atoms with Crippen LogP contribution in [0.4, 0.5) is 0 Å². The number of benzene rings is 1. The van der Waals surface area contributed by atoms with Crippen molar-refractivity contribution in [1.29, 1.82) is 5.26 Å². The van der Waals surface area contributed by atoms with Crippen molar-refractivity contribution >= 4 is 11.9 Å². The standard InChI is InChI=1S/C17H23N5O/c1-3-19-17(21-15-8-9-16(23)22(2)12-15)20-11-14-6-4-13(10-18)5-7-14/h4-7,15H,3,8-9,11-12H2,1-2H3,(H2,19,20,21). The SMILES string of the molecule is CCNC(=NCc1ccc(C#N)cc1)NC1CCC(=O)N(C)C1. The van der Waals surface area contributed by atoms with Crippen LogP contribution in [0.1, 0.15) is 30.9 Å². The lowest BCUT2D eigenvalue weighted by molar-refractivity contribution is -0.132. The molecule has 6 heteroatoms. The molecule has 23 heavy (non-hydrogen) atoms. The number of nitrogens with one attached hydrogen (secondary N) is 2. The summed E-state index contributed by atoms with van der Waals surface area (Å²) in [4.78, 5) is 17.9. The number of nitrogens with zero attached hydrogens (tertiary/aromatic N) is 3. The Morgan fingerprint density at radius 2 is 2.17 bits per heavy atom. The number of hydrogen-bond acceptors (Lipinski definition) is 3. The average Bonchev–Trinajstić information content (AvgIpc) is 2.56. The summed E-state index contributed by atoms with van der Waals surface area (Å²) >= 11 is 0. The zero-order valence-electron chi connectivity index (χ0n) is 13.7. The molecule has 2 N–H and O–H groups in total. The van der Waals surface area contributed by atoms with E-state index in [9.17, 15) is 4.79 Å². The maximum Gasteiger partial charge on any atom is 0.222 e. The number of nitriles is 1. The number of amides is 1.